The summed E-state index contributed by atoms with van der Waals surface area (Å²) in [4.78, 5) is 19.2. The topological polar surface area (TPSA) is 75.9 Å². The third-order valence-corrected chi connectivity index (χ3v) is 3.92. The molecule has 2 heterocycles. The predicted molar refractivity (Wildman–Crippen MR) is 97.6 cm³/mol. The highest BCUT2D eigenvalue weighted by atomic mass is 16.1. The van der Waals surface area contributed by atoms with Crippen LogP contribution in [0.3, 0.4) is 0 Å². The van der Waals surface area contributed by atoms with E-state index in [-0.39, 0.29) is 11.9 Å². The van der Waals surface area contributed by atoms with Crippen LogP contribution in [0.15, 0.2) is 36.5 Å². The van der Waals surface area contributed by atoms with Crippen LogP contribution < -0.4 is 10.2 Å². The Morgan fingerprint density at radius 1 is 1.28 bits per heavy atom. The molecule has 3 aromatic rings. The maximum Gasteiger partial charge on any atom is 0.252 e. The Kier molecular flexibility index (Phi) is 4.65. The van der Waals surface area contributed by atoms with Crippen molar-refractivity contribution in [1.29, 1.82) is 0 Å². The van der Waals surface area contributed by atoms with Crippen LogP contribution in [-0.2, 0) is 6.54 Å². The number of hydrogen-bond acceptors (Lipinski definition) is 5. The first-order valence-electron chi connectivity index (χ1n) is 8.21. The summed E-state index contributed by atoms with van der Waals surface area (Å²) in [6.07, 6.45) is 1.85. The zero-order valence-corrected chi connectivity index (χ0v) is 14.9. The number of carbonyl (C=O) groups excluding carboxylic acids is 1. The lowest BCUT2D eigenvalue weighted by molar-refractivity contribution is 0.0952. The van der Waals surface area contributed by atoms with E-state index in [0.29, 0.717) is 12.1 Å². The molecule has 0 atom stereocenters. The number of hydrogen-bond donors (Lipinski definition) is 1. The number of amides is 1. The summed E-state index contributed by atoms with van der Waals surface area (Å²) >= 11 is 0. The molecule has 1 amide bonds. The number of pyridine rings is 1. The van der Waals surface area contributed by atoms with Gasteiger partial charge in [0.05, 0.1) is 23.8 Å². The maximum absolute atomic E-state index is 12.7. The summed E-state index contributed by atoms with van der Waals surface area (Å²) in [5.41, 5.74) is 2.13. The van der Waals surface area contributed by atoms with E-state index in [2.05, 4.69) is 20.6 Å². The van der Waals surface area contributed by atoms with Crippen molar-refractivity contribution in [2.75, 3.05) is 19.0 Å². The number of para-hydroxylation sites is 1. The van der Waals surface area contributed by atoms with E-state index in [4.69, 9.17) is 0 Å². The third-order valence-electron chi connectivity index (χ3n) is 3.92. The second-order valence-electron chi connectivity index (χ2n) is 6.41. The van der Waals surface area contributed by atoms with E-state index in [1.54, 1.807) is 4.68 Å². The van der Waals surface area contributed by atoms with E-state index in [0.717, 1.165) is 22.4 Å². The van der Waals surface area contributed by atoms with E-state index in [1.807, 2.05) is 69.4 Å². The normalized spacial score (nSPS) is 11.1. The van der Waals surface area contributed by atoms with Gasteiger partial charge < -0.3 is 10.2 Å². The molecule has 0 spiro atoms. The number of nitrogens with zero attached hydrogens (tertiary/aromatic N) is 5. The fourth-order valence-electron chi connectivity index (χ4n) is 2.49. The molecular formula is C18H22N6O. The summed E-state index contributed by atoms with van der Waals surface area (Å²) in [6.45, 7) is 4.39. The average Bonchev–Trinajstić information content (AvgIpc) is 3.08. The number of fused-ring (bicyclic) bond motifs is 1. The molecule has 0 aliphatic heterocycles. The van der Waals surface area contributed by atoms with Gasteiger partial charge in [0.2, 0.25) is 0 Å². The molecule has 3 rings (SSSR count). The van der Waals surface area contributed by atoms with Crippen molar-refractivity contribution in [3.05, 3.63) is 47.8 Å². The van der Waals surface area contributed by atoms with Gasteiger partial charge in [-0.2, -0.15) is 0 Å². The van der Waals surface area contributed by atoms with Gasteiger partial charge in [-0.1, -0.05) is 23.4 Å². The van der Waals surface area contributed by atoms with E-state index in [1.165, 1.54) is 0 Å². The van der Waals surface area contributed by atoms with Crippen LogP contribution in [0.1, 0.15) is 35.9 Å². The molecule has 0 fully saturated rings. The summed E-state index contributed by atoms with van der Waals surface area (Å²) in [6, 6.07) is 9.69. The quantitative estimate of drug-likeness (QED) is 0.773. The van der Waals surface area contributed by atoms with E-state index in [9.17, 15) is 4.79 Å². The van der Waals surface area contributed by atoms with Crippen LogP contribution in [0.5, 0.6) is 0 Å². The molecule has 1 aromatic carbocycles. The molecule has 2 aromatic heterocycles. The standard InChI is InChI=1S/C18H22N6O/c1-12(2)24-11-13(21-22-24)10-19-18(25)15-9-17(23(3)4)20-16-8-6-5-7-14(15)16/h5-9,11-12H,10H2,1-4H3,(H,19,25). The molecule has 0 unspecified atom stereocenters. The lowest BCUT2D eigenvalue weighted by Crippen LogP contribution is -2.24. The molecule has 25 heavy (non-hydrogen) atoms. The first kappa shape index (κ1) is 16.9. The fraction of sp³-hybridized carbons (Fsp3) is 0.333. The van der Waals surface area contributed by atoms with Crippen molar-refractivity contribution in [2.45, 2.75) is 26.4 Å². The van der Waals surface area contributed by atoms with Crippen LogP contribution in [0, 0.1) is 0 Å². The van der Waals surface area contributed by atoms with Crippen LogP contribution in [0.4, 0.5) is 5.82 Å². The third kappa shape index (κ3) is 3.60. The maximum atomic E-state index is 12.7. The van der Waals surface area contributed by atoms with Gasteiger partial charge in [0.1, 0.15) is 11.5 Å². The molecule has 0 aliphatic rings. The second-order valence-corrected chi connectivity index (χ2v) is 6.41. The summed E-state index contributed by atoms with van der Waals surface area (Å²) in [5.74, 6) is 0.593. The zero-order valence-electron chi connectivity index (χ0n) is 14.9. The van der Waals surface area contributed by atoms with Gasteiger partial charge in [0.25, 0.3) is 5.91 Å². The Balaban J connectivity index is 1.85. The monoisotopic (exact) mass is 338 g/mol. The summed E-state index contributed by atoms with van der Waals surface area (Å²) in [5, 5.41) is 11.9. The van der Waals surface area contributed by atoms with Crippen LogP contribution >= 0.6 is 0 Å². The van der Waals surface area contributed by atoms with Gasteiger partial charge >= 0.3 is 0 Å². The first-order valence-corrected chi connectivity index (χ1v) is 8.21. The molecule has 1 N–H and O–H groups in total. The first-order chi connectivity index (χ1) is 12.0. The molecule has 0 radical (unpaired) electrons. The molecule has 130 valence electrons. The molecule has 7 heteroatoms. The highest BCUT2D eigenvalue weighted by molar-refractivity contribution is 6.06. The van der Waals surface area contributed by atoms with Crippen molar-refractivity contribution in [3.8, 4) is 0 Å². The average molecular weight is 338 g/mol. The van der Waals surface area contributed by atoms with Gasteiger partial charge in [-0.15, -0.1) is 5.10 Å². The second kappa shape index (κ2) is 6.88. The number of carbonyl (C=O) groups is 1. The fourth-order valence-corrected chi connectivity index (χ4v) is 2.49. The van der Waals surface area contributed by atoms with Gasteiger partial charge in [0.15, 0.2) is 0 Å². The number of nitrogens with one attached hydrogen (secondary N) is 1. The lowest BCUT2D eigenvalue weighted by atomic mass is 10.1. The minimum Gasteiger partial charge on any atom is -0.363 e. The van der Waals surface area contributed by atoms with Crippen molar-refractivity contribution in [2.24, 2.45) is 0 Å². The lowest BCUT2D eigenvalue weighted by Gasteiger charge is -2.15. The smallest absolute Gasteiger partial charge is 0.252 e. The van der Waals surface area contributed by atoms with Gasteiger partial charge in [0, 0.05) is 25.5 Å². The largest absolute Gasteiger partial charge is 0.363 e. The Hall–Kier alpha value is -2.96. The summed E-state index contributed by atoms with van der Waals surface area (Å²) < 4.78 is 1.77. The predicted octanol–water partition coefficient (Wildman–Crippen LogP) is 2.40. The molecule has 0 aliphatic carbocycles. The number of benzene rings is 1. The van der Waals surface area contributed by atoms with Crippen LogP contribution in [0.2, 0.25) is 0 Å². The van der Waals surface area contributed by atoms with Crippen molar-refractivity contribution in [3.63, 3.8) is 0 Å². The van der Waals surface area contributed by atoms with Crippen LogP contribution in [-0.4, -0.2) is 40.0 Å². The zero-order chi connectivity index (χ0) is 18.0. The molecule has 0 bridgehead atoms. The Labute approximate surface area is 146 Å². The van der Waals surface area contributed by atoms with Crippen molar-refractivity contribution < 1.29 is 4.79 Å². The SMILES string of the molecule is CC(C)n1cc(CNC(=O)c2cc(N(C)C)nc3ccccc23)nn1. The van der Waals surface area contributed by atoms with Gasteiger partial charge in [-0.25, -0.2) is 9.67 Å². The highest BCUT2D eigenvalue weighted by Gasteiger charge is 2.14. The number of anilines is 1. The number of rotatable bonds is 5. The minimum atomic E-state index is -0.152. The minimum absolute atomic E-state index is 0.152. The van der Waals surface area contributed by atoms with Crippen LogP contribution in [0.25, 0.3) is 10.9 Å². The molecule has 0 saturated carbocycles. The Morgan fingerprint density at radius 3 is 2.72 bits per heavy atom. The Bertz CT molecular complexity index is 899. The molecular weight excluding hydrogens is 316 g/mol. The van der Waals surface area contributed by atoms with Crippen molar-refractivity contribution in [1.82, 2.24) is 25.3 Å². The summed E-state index contributed by atoms with van der Waals surface area (Å²) in [7, 11) is 3.81. The van der Waals surface area contributed by atoms with Crippen molar-refractivity contribution >= 4 is 22.6 Å². The van der Waals surface area contributed by atoms with E-state index >= 15 is 0 Å². The highest BCUT2D eigenvalue weighted by Crippen LogP contribution is 2.22. The van der Waals surface area contributed by atoms with E-state index < -0.39 is 0 Å². The number of aromatic nitrogens is 4. The molecule has 0 saturated heterocycles. The molecule has 7 nitrogen and oxygen atoms in total. The van der Waals surface area contributed by atoms with Gasteiger partial charge in [-0.05, 0) is 26.0 Å². The van der Waals surface area contributed by atoms with Gasteiger partial charge in [-0.3, -0.25) is 4.79 Å². The Morgan fingerprint density at radius 2 is 2.04 bits per heavy atom.